The van der Waals surface area contributed by atoms with E-state index in [1.54, 1.807) is 25.1 Å². The van der Waals surface area contributed by atoms with Gasteiger partial charge < -0.3 is 9.47 Å². The number of hydrogen-bond acceptors (Lipinski definition) is 5. The normalized spacial score (nSPS) is 13.8. The summed E-state index contributed by atoms with van der Waals surface area (Å²) in [5.74, 6) is -0.533. The number of halogens is 1. The van der Waals surface area contributed by atoms with Crippen molar-refractivity contribution in [1.82, 2.24) is 4.72 Å². The van der Waals surface area contributed by atoms with Gasteiger partial charge >= 0.3 is 5.97 Å². The lowest BCUT2D eigenvalue weighted by Crippen LogP contribution is -2.40. The Bertz CT molecular complexity index is 883. The van der Waals surface area contributed by atoms with E-state index < -0.39 is 21.6 Å². The summed E-state index contributed by atoms with van der Waals surface area (Å²) in [5, 5.41) is 0.534. The molecule has 0 aromatic heterocycles. The van der Waals surface area contributed by atoms with Crippen LogP contribution in [0.1, 0.15) is 22.8 Å². The molecule has 2 aromatic carbocycles. The van der Waals surface area contributed by atoms with Gasteiger partial charge in [0.1, 0.15) is 5.60 Å². The van der Waals surface area contributed by atoms with Crippen LogP contribution in [0.15, 0.2) is 53.4 Å². The van der Waals surface area contributed by atoms with Crippen molar-refractivity contribution in [1.29, 1.82) is 0 Å². The zero-order valence-corrected chi connectivity index (χ0v) is 16.2. The summed E-state index contributed by atoms with van der Waals surface area (Å²) < 4.78 is 37.7. The Kier molecular flexibility index (Phi) is 6.41. The maximum Gasteiger partial charge on any atom is 0.337 e. The van der Waals surface area contributed by atoms with Gasteiger partial charge in [-0.1, -0.05) is 23.7 Å². The summed E-state index contributed by atoms with van der Waals surface area (Å²) in [6.07, 6.45) is 0. The van der Waals surface area contributed by atoms with Crippen LogP contribution in [-0.2, 0) is 25.1 Å². The topological polar surface area (TPSA) is 81.7 Å². The number of sulfonamides is 1. The minimum atomic E-state index is -3.79. The lowest BCUT2D eigenvalue weighted by atomic mass is 9.96. The number of rotatable bonds is 7. The third-order valence-corrected chi connectivity index (χ3v) is 5.72. The van der Waals surface area contributed by atoms with Gasteiger partial charge in [0.05, 0.1) is 17.6 Å². The minimum Gasteiger partial charge on any atom is -0.465 e. The van der Waals surface area contributed by atoms with Crippen LogP contribution < -0.4 is 4.72 Å². The Morgan fingerprint density at radius 3 is 2.35 bits per heavy atom. The molecule has 2 rings (SSSR count). The maximum atomic E-state index is 12.5. The van der Waals surface area contributed by atoms with E-state index in [9.17, 15) is 13.2 Å². The van der Waals surface area contributed by atoms with Crippen molar-refractivity contribution in [3.63, 3.8) is 0 Å². The molecule has 1 N–H and O–H groups in total. The summed E-state index contributed by atoms with van der Waals surface area (Å²) in [6, 6.07) is 12.5. The van der Waals surface area contributed by atoms with Crippen molar-refractivity contribution >= 4 is 27.6 Å². The summed E-state index contributed by atoms with van der Waals surface area (Å²) in [7, 11) is -1.03. The van der Waals surface area contributed by atoms with Gasteiger partial charge in [-0.05, 0) is 48.9 Å². The molecule has 1 unspecified atom stereocenters. The van der Waals surface area contributed by atoms with E-state index in [0.717, 1.165) is 5.56 Å². The number of carbonyl (C=O) groups is 1. The first-order valence-corrected chi connectivity index (χ1v) is 9.57. The Hall–Kier alpha value is -1.93. The smallest absolute Gasteiger partial charge is 0.337 e. The van der Waals surface area contributed by atoms with E-state index in [1.165, 1.54) is 38.5 Å². The Balaban J connectivity index is 2.19. The van der Waals surface area contributed by atoms with Crippen LogP contribution >= 0.6 is 11.6 Å². The molecule has 0 aliphatic rings. The van der Waals surface area contributed by atoms with Crippen molar-refractivity contribution in [2.24, 2.45) is 0 Å². The Labute approximate surface area is 158 Å². The van der Waals surface area contributed by atoms with E-state index in [4.69, 9.17) is 16.3 Å². The highest BCUT2D eigenvalue weighted by Crippen LogP contribution is 2.27. The van der Waals surface area contributed by atoms with Crippen LogP contribution in [0.25, 0.3) is 0 Å². The molecule has 140 valence electrons. The first-order valence-electron chi connectivity index (χ1n) is 7.71. The van der Waals surface area contributed by atoms with E-state index in [0.29, 0.717) is 5.02 Å². The molecule has 0 saturated heterocycles. The fraction of sp³-hybridized carbons (Fsp3) is 0.278. The predicted molar refractivity (Wildman–Crippen MR) is 98.8 cm³/mol. The van der Waals surface area contributed by atoms with Crippen LogP contribution in [0, 0.1) is 0 Å². The number of benzene rings is 2. The molecule has 0 saturated carbocycles. The average Bonchev–Trinajstić information content (AvgIpc) is 2.65. The largest absolute Gasteiger partial charge is 0.465 e. The molecule has 0 amide bonds. The fourth-order valence-electron chi connectivity index (χ4n) is 2.31. The fourth-order valence-corrected chi connectivity index (χ4v) is 3.63. The van der Waals surface area contributed by atoms with Crippen LogP contribution in [-0.4, -0.2) is 35.2 Å². The quantitative estimate of drug-likeness (QED) is 0.726. The number of nitrogens with one attached hydrogen (secondary N) is 1. The van der Waals surface area contributed by atoms with Gasteiger partial charge in [0.25, 0.3) is 0 Å². The van der Waals surface area contributed by atoms with E-state index in [-0.39, 0.29) is 17.0 Å². The highest BCUT2D eigenvalue weighted by molar-refractivity contribution is 7.89. The van der Waals surface area contributed by atoms with Gasteiger partial charge in [-0.25, -0.2) is 17.9 Å². The van der Waals surface area contributed by atoms with Crippen LogP contribution in [0.2, 0.25) is 5.02 Å². The van der Waals surface area contributed by atoms with Crippen molar-refractivity contribution in [2.75, 3.05) is 20.8 Å². The minimum absolute atomic E-state index is 0.00489. The standard InChI is InChI=1S/C18H20ClNO5S/c1-18(25-3,14-5-4-6-15(19)11-14)12-20-26(22,23)16-9-7-13(8-10-16)17(21)24-2/h4-11,20H,12H2,1-3H3. The first-order chi connectivity index (χ1) is 12.2. The molecule has 0 radical (unpaired) electrons. The number of esters is 1. The lowest BCUT2D eigenvalue weighted by molar-refractivity contribution is 0.00699. The van der Waals surface area contributed by atoms with Gasteiger partial charge in [0.15, 0.2) is 0 Å². The highest BCUT2D eigenvalue weighted by atomic mass is 35.5. The molecule has 0 fully saturated rings. The van der Waals surface area contributed by atoms with Gasteiger partial charge in [0, 0.05) is 18.7 Å². The van der Waals surface area contributed by atoms with Crippen LogP contribution in [0.4, 0.5) is 0 Å². The molecule has 0 bridgehead atoms. The molecular weight excluding hydrogens is 378 g/mol. The number of methoxy groups -OCH3 is 2. The van der Waals surface area contributed by atoms with Gasteiger partial charge in [-0.2, -0.15) is 0 Å². The van der Waals surface area contributed by atoms with Crippen molar-refractivity contribution in [3.05, 3.63) is 64.7 Å². The summed E-state index contributed by atoms with van der Waals surface area (Å²) in [6.45, 7) is 1.77. The van der Waals surface area contributed by atoms with E-state index in [1.807, 2.05) is 6.07 Å². The SMILES string of the molecule is COC(=O)c1ccc(S(=O)(=O)NCC(C)(OC)c2cccc(Cl)c2)cc1. The second-order valence-corrected chi connectivity index (χ2v) is 7.99. The first kappa shape index (κ1) is 20.4. The predicted octanol–water partition coefficient (Wildman–Crippen LogP) is 2.97. The molecule has 2 aromatic rings. The molecule has 26 heavy (non-hydrogen) atoms. The van der Waals surface area contributed by atoms with Crippen molar-refractivity contribution in [3.8, 4) is 0 Å². The number of carbonyl (C=O) groups excluding carboxylic acids is 1. The number of hydrogen-bond donors (Lipinski definition) is 1. The van der Waals surface area contributed by atoms with Gasteiger partial charge in [-0.15, -0.1) is 0 Å². The molecule has 0 aliphatic carbocycles. The van der Waals surface area contributed by atoms with Crippen molar-refractivity contribution < 1.29 is 22.7 Å². The Morgan fingerprint density at radius 2 is 1.81 bits per heavy atom. The second kappa shape index (κ2) is 8.18. The average molecular weight is 398 g/mol. The second-order valence-electron chi connectivity index (χ2n) is 5.79. The van der Waals surface area contributed by atoms with Crippen molar-refractivity contribution in [2.45, 2.75) is 17.4 Å². The van der Waals surface area contributed by atoms with Gasteiger partial charge in [0.2, 0.25) is 10.0 Å². The third-order valence-electron chi connectivity index (χ3n) is 4.07. The molecule has 8 heteroatoms. The summed E-state index contributed by atoms with van der Waals surface area (Å²) in [5.41, 5.74) is 0.118. The zero-order valence-electron chi connectivity index (χ0n) is 14.7. The van der Waals surface area contributed by atoms with Crippen LogP contribution in [0.5, 0.6) is 0 Å². The molecule has 0 aliphatic heterocycles. The van der Waals surface area contributed by atoms with Crippen LogP contribution in [0.3, 0.4) is 0 Å². The highest BCUT2D eigenvalue weighted by Gasteiger charge is 2.29. The lowest BCUT2D eigenvalue weighted by Gasteiger charge is -2.29. The molecule has 6 nitrogen and oxygen atoms in total. The summed E-state index contributed by atoms with van der Waals surface area (Å²) >= 11 is 6.01. The van der Waals surface area contributed by atoms with E-state index in [2.05, 4.69) is 9.46 Å². The Morgan fingerprint density at radius 1 is 1.15 bits per heavy atom. The van der Waals surface area contributed by atoms with Gasteiger partial charge in [-0.3, -0.25) is 0 Å². The molecular formula is C18H20ClNO5S. The molecule has 0 spiro atoms. The van der Waals surface area contributed by atoms with E-state index >= 15 is 0 Å². The zero-order chi connectivity index (χ0) is 19.4. The number of ether oxygens (including phenoxy) is 2. The molecule has 1 atom stereocenters. The summed E-state index contributed by atoms with van der Waals surface area (Å²) in [4.78, 5) is 11.5. The third kappa shape index (κ3) is 4.62. The maximum absolute atomic E-state index is 12.5. The monoisotopic (exact) mass is 397 g/mol. The molecule has 0 heterocycles.